The van der Waals surface area contributed by atoms with E-state index < -0.39 is 0 Å². The highest BCUT2D eigenvalue weighted by molar-refractivity contribution is 9.10. The smallest absolute Gasteiger partial charge is 0.111 e. The Balaban J connectivity index is 2.05. The minimum atomic E-state index is 0.375. The highest BCUT2D eigenvalue weighted by Gasteiger charge is 2.27. The van der Waals surface area contributed by atoms with Crippen LogP contribution in [-0.4, -0.2) is 41.5 Å². The molecule has 2 rings (SSSR count). The lowest BCUT2D eigenvalue weighted by Crippen LogP contribution is -2.35. The number of aromatic nitrogens is 2. The SMILES string of the molecule is CN1CCC(C(CN)c2ncc(Br)[nH]2)CC1. The number of nitrogens with two attached hydrogens (primary N) is 1. The zero-order chi connectivity index (χ0) is 11.5. The maximum absolute atomic E-state index is 5.89. The lowest BCUT2D eigenvalue weighted by Gasteiger charge is -2.33. The Morgan fingerprint density at radius 2 is 2.31 bits per heavy atom. The molecule has 0 aliphatic carbocycles. The molecular formula is C11H19BrN4. The summed E-state index contributed by atoms with van der Waals surface area (Å²) in [6, 6.07) is 0. The molecule has 4 nitrogen and oxygen atoms in total. The van der Waals surface area contributed by atoms with Crippen molar-refractivity contribution in [3.8, 4) is 0 Å². The Kier molecular flexibility index (Phi) is 4.00. The molecule has 1 atom stereocenters. The molecule has 3 N–H and O–H groups in total. The third-order valence-corrected chi connectivity index (χ3v) is 3.90. The van der Waals surface area contributed by atoms with Crippen LogP contribution < -0.4 is 5.73 Å². The molecule has 1 saturated heterocycles. The summed E-state index contributed by atoms with van der Waals surface area (Å²) in [5, 5.41) is 0. The van der Waals surface area contributed by atoms with Gasteiger partial charge >= 0.3 is 0 Å². The van der Waals surface area contributed by atoms with Crippen molar-refractivity contribution in [2.75, 3.05) is 26.7 Å². The van der Waals surface area contributed by atoms with E-state index in [2.05, 4.69) is 37.8 Å². The van der Waals surface area contributed by atoms with Crippen molar-refractivity contribution in [1.82, 2.24) is 14.9 Å². The maximum atomic E-state index is 5.89. The van der Waals surface area contributed by atoms with Gasteiger partial charge in [-0.1, -0.05) is 0 Å². The van der Waals surface area contributed by atoms with Crippen molar-refractivity contribution in [1.29, 1.82) is 0 Å². The van der Waals surface area contributed by atoms with Gasteiger partial charge in [-0.25, -0.2) is 4.98 Å². The second kappa shape index (κ2) is 5.29. The van der Waals surface area contributed by atoms with Crippen molar-refractivity contribution < 1.29 is 0 Å². The Labute approximate surface area is 105 Å². The second-order valence-electron chi connectivity index (χ2n) is 4.60. The molecule has 1 aromatic heterocycles. The largest absolute Gasteiger partial charge is 0.336 e. The number of hydrogen-bond donors (Lipinski definition) is 2. The molecule has 0 aromatic carbocycles. The summed E-state index contributed by atoms with van der Waals surface area (Å²) in [7, 11) is 2.18. The van der Waals surface area contributed by atoms with Crippen LogP contribution in [-0.2, 0) is 0 Å². The van der Waals surface area contributed by atoms with Gasteiger partial charge in [0.05, 0.1) is 6.20 Å². The molecule has 1 aromatic rings. The number of likely N-dealkylation sites (tertiary alicyclic amines) is 1. The zero-order valence-electron chi connectivity index (χ0n) is 9.62. The summed E-state index contributed by atoms with van der Waals surface area (Å²) in [4.78, 5) is 10.0. The summed E-state index contributed by atoms with van der Waals surface area (Å²) < 4.78 is 0.939. The van der Waals surface area contributed by atoms with Gasteiger partial charge in [0.15, 0.2) is 0 Å². The minimum Gasteiger partial charge on any atom is -0.336 e. The summed E-state index contributed by atoms with van der Waals surface area (Å²) >= 11 is 3.40. The molecule has 16 heavy (non-hydrogen) atoms. The van der Waals surface area contributed by atoms with Gasteiger partial charge in [-0.15, -0.1) is 0 Å². The fourth-order valence-electron chi connectivity index (χ4n) is 2.46. The van der Waals surface area contributed by atoms with Crippen LogP contribution in [0.5, 0.6) is 0 Å². The molecule has 1 unspecified atom stereocenters. The topological polar surface area (TPSA) is 57.9 Å². The Hall–Kier alpha value is -0.390. The standard InChI is InChI=1S/C11H19BrN4/c1-16-4-2-8(3-5-16)9(6-13)11-14-7-10(12)15-11/h7-9H,2-6,13H2,1H3,(H,14,15). The number of imidazole rings is 1. The van der Waals surface area contributed by atoms with Gasteiger partial charge in [-0.2, -0.15) is 0 Å². The predicted molar refractivity (Wildman–Crippen MR) is 68.3 cm³/mol. The first-order valence-corrected chi connectivity index (χ1v) is 6.59. The first kappa shape index (κ1) is 12.1. The quantitative estimate of drug-likeness (QED) is 0.887. The van der Waals surface area contributed by atoms with E-state index in [0.29, 0.717) is 18.4 Å². The fraction of sp³-hybridized carbons (Fsp3) is 0.727. The number of nitrogens with zero attached hydrogens (tertiary/aromatic N) is 2. The monoisotopic (exact) mass is 286 g/mol. The van der Waals surface area contributed by atoms with Crippen molar-refractivity contribution in [2.24, 2.45) is 11.7 Å². The lowest BCUT2D eigenvalue weighted by molar-refractivity contribution is 0.197. The molecule has 5 heteroatoms. The van der Waals surface area contributed by atoms with Crippen LogP contribution in [0.25, 0.3) is 0 Å². The van der Waals surface area contributed by atoms with Gasteiger partial charge in [0, 0.05) is 12.5 Å². The summed E-state index contributed by atoms with van der Waals surface area (Å²) in [5.41, 5.74) is 5.89. The summed E-state index contributed by atoms with van der Waals surface area (Å²) in [6.45, 7) is 3.01. The molecule has 90 valence electrons. The van der Waals surface area contributed by atoms with E-state index in [1.165, 1.54) is 25.9 Å². The van der Waals surface area contributed by atoms with Crippen molar-refractivity contribution in [2.45, 2.75) is 18.8 Å². The van der Waals surface area contributed by atoms with Crippen LogP contribution in [0.1, 0.15) is 24.6 Å². The molecular weight excluding hydrogens is 268 g/mol. The molecule has 0 saturated carbocycles. The normalized spacial score (nSPS) is 21.2. The number of aromatic amines is 1. The first-order valence-electron chi connectivity index (χ1n) is 5.79. The highest BCUT2D eigenvalue weighted by Crippen LogP contribution is 2.30. The van der Waals surface area contributed by atoms with E-state index in [0.717, 1.165) is 10.4 Å². The fourth-order valence-corrected chi connectivity index (χ4v) is 2.77. The minimum absolute atomic E-state index is 0.375. The van der Waals surface area contributed by atoms with Gasteiger partial charge in [0.2, 0.25) is 0 Å². The molecule has 1 aliphatic rings. The third-order valence-electron chi connectivity index (χ3n) is 3.50. The number of halogens is 1. The van der Waals surface area contributed by atoms with Gasteiger partial charge in [0.1, 0.15) is 10.4 Å². The molecule has 1 aliphatic heterocycles. The van der Waals surface area contributed by atoms with E-state index in [-0.39, 0.29) is 0 Å². The molecule has 1 fully saturated rings. The summed E-state index contributed by atoms with van der Waals surface area (Å²) in [6.07, 6.45) is 4.25. The second-order valence-corrected chi connectivity index (χ2v) is 5.45. The molecule has 2 heterocycles. The van der Waals surface area contributed by atoms with Crippen molar-refractivity contribution >= 4 is 15.9 Å². The van der Waals surface area contributed by atoms with Crippen molar-refractivity contribution in [3.63, 3.8) is 0 Å². The third kappa shape index (κ3) is 2.64. The van der Waals surface area contributed by atoms with E-state index in [4.69, 9.17) is 5.73 Å². The number of piperidine rings is 1. The number of nitrogens with one attached hydrogen (secondary N) is 1. The van der Waals surface area contributed by atoms with E-state index in [1.807, 2.05) is 6.20 Å². The molecule has 0 bridgehead atoms. The first-order chi connectivity index (χ1) is 7.70. The summed E-state index contributed by atoms with van der Waals surface area (Å²) in [5.74, 6) is 2.07. The van der Waals surface area contributed by atoms with Crippen LogP contribution in [0, 0.1) is 5.92 Å². The van der Waals surface area contributed by atoms with E-state index >= 15 is 0 Å². The van der Waals surface area contributed by atoms with E-state index in [1.54, 1.807) is 0 Å². The average molecular weight is 287 g/mol. The van der Waals surface area contributed by atoms with Gasteiger partial charge in [-0.05, 0) is 54.8 Å². The van der Waals surface area contributed by atoms with Crippen LogP contribution in [0.4, 0.5) is 0 Å². The Morgan fingerprint density at radius 1 is 1.62 bits per heavy atom. The average Bonchev–Trinajstić information content (AvgIpc) is 2.69. The van der Waals surface area contributed by atoms with E-state index in [9.17, 15) is 0 Å². The molecule has 0 spiro atoms. The zero-order valence-corrected chi connectivity index (χ0v) is 11.2. The molecule has 0 amide bonds. The number of H-pyrrole nitrogens is 1. The van der Waals surface area contributed by atoms with Crippen LogP contribution >= 0.6 is 15.9 Å². The number of hydrogen-bond acceptors (Lipinski definition) is 3. The maximum Gasteiger partial charge on any atom is 0.111 e. The predicted octanol–water partition coefficient (Wildman–Crippen LogP) is 1.56. The van der Waals surface area contributed by atoms with Crippen LogP contribution in [0.15, 0.2) is 10.8 Å². The molecule has 0 radical (unpaired) electrons. The van der Waals surface area contributed by atoms with Gasteiger partial charge in [-0.3, -0.25) is 0 Å². The van der Waals surface area contributed by atoms with Gasteiger partial charge in [0.25, 0.3) is 0 Å². The highest BCUT2D eigenvalue weighted by atomic mass is 79.9. The van der Waals surface area contributed by atoms with Gasteiger partial charge < -0.3 is 15.6 Å². The Bertz CT molecular complexity index is 330. The number of rotatable bonds is 3. The lowest BCUT2D eigenvalue weighted by atomic mass is 9.84. The van der Waals surface area contributed by atoms with Crippen LogP contribution in [0.2, 0.25) is 0 Å². The van der Waals surface area contributed by atoms with Crippen LogP contribution in [0.3, 0.4) is 0 Å². The Morgan fingerprint density at radius 3 is 2.81 bits per heavy atom. The van der Waals surface area contributed by atoms with Crippen molar-refractivity contribution in [3.05, 3.63) is 16.6 Å².